The van der Waals surface area contributed by atoms with Crippen LogP contribution in [0.3, 0.4) is 0 Å². The zero-order chi connectivity index (χ0) is 9.52. The monoisotopic (exact) mass is 182 g/mol. The number of rotatable bonds is 6. The van der Waals surface area contributed by atoms with Gasteiger partial charge < -0.3 is 10.7 Å². The van der Waals surface area contributed by atoms with Gasteiger partial charge in [0.15, 0.2) is 0 Å². The summed E-state index contributed by atoms with van der Waals surface area (Å²) in [6, 6.07) is 0. The van der Waals surface area contributed by atoms with Gasteiger partial charge in [0.1, 0.15) is 5.82 Å². The summed E-state index contributed by atoms with van der Waals surface area (Å²) >= 11 is 0. The van der Waals surface area contributed by atoms with E-state index in [-0.39, 0.29) is 0 Å². The molecule has 1 aromatic rings. The number of nitrogens with two attached hydrogens (primary N) is 1. The van der Waals surface area contributed by atoms with E-state index in [0.29, 0.717) is 0 Å². The molecule has 1 heterocycles. The number of H-pyrrole nitrogens is 1. The SMILES string of the molecule is CN(CCCCN)Cc1ncc[nH]1. The normalized spacial score (nSPS) is 11.0. The van der Waals surface area contributed by atoms with Gasteiger partial charge in [0.2, 0.25) is 0 Å². The zero-order valence-electron chi connectivity index (χ0n) is 8.16. The van der Waals surface area contributed by atoms with Gasteiger partial charge in [0, 0.05) is 12.4 Å². The second-order valence-corrected chi connectivity index (χ2v) is 3.27. The third kappa shape index (κ3) is 4.05. The summed E-state index contributed by atoms with van der Waals surface area (Å²) in [6.07, 6.45) is 5.89. The topological polar surface area (TPSA) is 57.9 Å². The molecule has 13 heavy (non-hydrogen) atoms. The average Bonchev–Trinajstić information content (AvgIpc) is 2.57. The van der Waals surface area contributed by atoms with Crippen molar-refractivity contribution in [1.29, 1.82) is 0 Å². The molecular formula is C9H18N4. The van der Waals surface area contributed by atoms with Gasteiger partial charge in [-0.25, -0.2) is 4.98 Å². The number of hydrogen-bond acceptors (Lipinski definition) is 3. The number of nitrogens with one attached hydrogen (secondary N) is 1. The van der Waals surface area contributed by atoms with Gasteiger partial charge in [-0.2, -0.15) is 0 Å². The van der Waals surface area contributed by atoms with Crippen molar-refractivity contribution in [3.05, 3.63) is 18.2 Å². The number of hydrogen-bond donors (Lipinski definition) is 2. The molecule has 0 saturated carbocycles. The first-order valence-electron chi connectivity index (χ1n) is 4.70. The lowest BCUT2D eigenvalue weighted by molar-refractivity contribution is 0.312. The molecule has 4 heteroatoms. The Hall–Kier alpha value is -0.870. The number of aromatic amines is 1. The Morgan fingerprint density at radius 2 is 2.38 bits per heavy atom. The van der Waals surface area contributed by atoms with Gasteiger partial charge in [-0.1, -0.05) is 0 Å². The molecule has 0 saturated heterocycles. The summed E-state index contributed by atoms with van der Waals surface area (Å²) in [7, 11) is 2.10. The van der Waals surface area contributed by atoms with Gasteiger partial charge in [-0.3, -0.25) is 4.90 Å². The summed E-state index contributed by atoms with van der Waals surface area (Å²) in [5.74, 6) is 1.02. The third-order valence-electron chi connectivity index (χ3n) is 1.97. The highest BCUT2D eigenvalue weighted by molar-refractivity contribution is 4.86. The van der Waals surface area contributed by atoms with E-state index in [1.165, 1.54) is 0 Å². The Morgan fingerprint density at radius 3 is 3.00 bits per heavy atom. The molecule has 3 N–H and O–H groups in total. The highest BCUT2D eigenvalue weighted by Crippen LogP contribution is 1.97. The second-order valence-electron chi connectivity index (χ2n) is 3.27. The number of aromatic nitrogens is 2. The fourth-order valence-corrected chi connectivity index (χ4v) is 1.25. The van der Waals surface area contributed by atoms with Crippen LogP contribution in [0, 0.1) is 0 Å². The van der Waals surface area contributed by atoms with Crippen molar-refractivity contribution in [2.75, 3.05) is 20.1 Å². The van der Waals surface area contributed by atoms with Crippen molar-refractivity contribution < 1.29 is 0 Å². The molecule has 1 rings (SSSR count). The van der Waals surface area contributed by atoms with E-state index >= 15 is 0 Å². The molecule has 0 bridgehead atoms. The van der Waals surface area contributed by atoms with Gasteiger partial charge in [-0.05, 0) is 33.0 Å². The maximum absolute atomic E-state index is 5.41. The van der Waals surface area contributed by atoms with Crippen LogP contribution in [0.2, 0.25) is 0 Å². The molecule has 0 radical (unpaired) electrons. The van der Waals surface area contributed by atoms with Crippen LogP contribution in [0.15, 0.2) is 12.4 Å². The van der Waals surface area contributed by atoms with Crippen molar-refractivity contribution in [2.24, 2.45) is 5.73 Å². The Labute approximate surface area is 79.1 Å². The highest BCUT2D eigenvalue weighted by Gasteiger charge is 2.00. The lowest BCUT2D eigenvalue weighted by Gasteiger charge is -2.14. The molecule has 0 aromatic carbocycles. The molecule has 74 valence electrons. The predicted molar refractivity (Wildman–Crippen MR) is 53.2 cm³/mol. The molecule has 4 nitrogen and oxygen atoms in total. The van der Waals surface area contributed by atoms with Crippen molar-refractivity contribution in [3.8, 4) is 0 Å². The van der Waals surface area contributed by atoms with Crippen molar-refractivity contribution in [2.45, 2.75) is 19.4 Å². The summed E-state index contributed by atoms with van der Waals surface area (Å²) in [5, 5.41) is 0. The van der Waals surface area contributed by atoms with E-state index in [2.05, 4.69) is 21.9 Å². The fourth-order valence-electron chi connectivity index (χ4n) is 1.25. The lowest BCUT2D eigenvalue weighted by Crippen LogP contribution is -2.20. The smallest absolute Gasteiger partial charge is 0.120 e. The highest BCUT2D eigenvalue weighted by atomic mass is 15.1. The molecule has 0 unspecified atom stereocenters. The summed E-state index contributed by atoms with van der Waals surface area (Å²) < 4.78 is 0. The zero-order valence-corrected chi connectivity index (χ0v) is 8.16. The van der Waals surface area contributed by atoms with Crippen LogP contribution in [-0.4, -0.2) is 35.0 Å². The van der Waals surface area contributed by atoms with E-state index in [0.717, 1.165) is 38.3 Å². The van der Waals surface area contributed by atoms with Crippen LogP contribution in [0.25, 0.3) is 0 Å². The molecule has 0 atom stereocenters. The van der Waals surface area contributed by atoms with Crippen LogP contribution in [0.5, 0.6) is 0 Å². The Bertz CT molecular complexity index is 207. The number of imidazole rings is 1. The molecule has 0 aliphatic heterocycles. The summed E-state index contributed by atoms with van der Waals surface area (Å²) in [4.78, 5) is 9.49. The maximum Gasteiger partial charge on any atom is 0.120 e. The molecule has 0 aliphatic carbocycles. The molecule has 0 aliphatic rings. The average molecular weight is 182 g/mol. The lowest BCUT2D eigenvalue weighted by atomic mass is 10.3. The largest absolute Gasteiger partial charge is 0.348 e. The number of unbranched alkanes of at least 4 members (excludes halogenated alkanes) is 1. The predicted octanol–water partition coefficient (Wildman–Crippen LogP) is 0.580. The third-order valence-corrected chi connectivity index (χ3v) is 1.97. The van der Waals surface area contributed by atoms with Crippen molar-refractivity contribution in [1.82, 2.24) is 14.9 Å². The van der Waals surface area contributed by atoms with Gasteiger partial charge >= 0.3 is 0 Å². The van der Waals surface area contributed by atoms with E-state index in [1.807, 2.05) is 6.20 Å². The Kier molecular flexibility index (Phi) is 4.49. The van der Waals surface area contributed by atoms with Gasteiger partial charge in [-0.15, -0.1) is 0 Å². The number of nitrogens with zero attached hydrogens (tertiary/aromatic N) is 2. The minimum absolute atomic E-state index is 0.786. The first-order valence-corrected chi connectivity index (χ1v) is 4.70. The Morgan fingerprint density at radius 1 is 1.54 bits per heavy atom. The van der Waals surface area contributed by atoms with E-state index < -0.39 is 0 Å². The van der Waals surface area contributed by atoms with E-state index in [1.54, 1.807) is 6.20 Å². The molecule has 0 amide bonds. The van der Waals surface area contributed by atoms with E-state index in [4.69, 9.17) is 5.73 Å². The van der Waals surface area contributed by atoms with Crippen LogP contribution in [0.1, 0.15) is 18.7 Å². The van der Waals surface area contributed by atoms with Crippen LogP contribution >= 0.6 is 0 Å². The first-order chi connectivity index (χ1) is 6.33. The summed E-state index contributed by atoms with van der Waals surface area (Å²) in [5.41, 5.74) is 5.41. The molecule has 1 aromatic heterocycles. The quantitative estimate of drug-likeness (QED) is 0.633. The Balaban J connectivity index is 2.14. The standard InChI is InChI=1S/C9H18N4/c1-13(7-3-2-4-10)8-9-11-5-6-12-9/h5-6H,2-4,7-8,10H2,1H3,(H,11,12). The van der Waals surface area contributed by atoms with Crippen LogP contribution in [0.4, 0.5) is 0 Å². The minimum Gasteiger partial charge on any atom is -0.348 e. The second kappa shape index (κ2) is 5.72. The fraction of sp³-hybridized carbons (Fsp3) is 0.667. The van der Waals surface area contributed by atoms with Gasteiger partial charge in [0.25, 0.3) is 0 Å². The minimum atomic E-state index is 0.786. The molecule has 0 spiro atoms. The summed E-state index contributed by atoms with van der Waals surface area (Å²) in [6.45, 7) is 2.75. The maximum atomic E-state index is 5.41. The van der Waals surface area contributed by atoms with Crippen LogP contribution in [-0.2, 0) is 6.54 Å². The van der Waals surface area contributed by atoms with Gasteiger partial charge in [0.05, 0.1) is 6.54 Å². The first kappa shape index (κ1) is 10.2. The molecule has 0 fully saturated rings. The van der Waals surface area contributed by atoms with Crippen molar-refractivity contribution in [3.63, 3.8) is 0 Å². The van der Waals surface area contributed by atoms with Crippen LogP contribution < -0.4 is 5.73 Å². The molecular weight excluding hydrogens is 164 g/mol. The van der Waals surface area contributed by atoms with E-state index in [9.17, 15) is 0 Å². The van der Waals surface area contributed by atoms with Crippen molar-refractivity contribution >= 4 is 0 Å².